The van der Waals surface area contributed by atoms with Gasteiger partial charge in [-0.1, -0.05) is 30.3 Å². The van der Waals surface area contributed by atoms with E-state index in [1.807, 2.05) is 42.3 Å². The molecule has 6 heteroatoms. The molecule has 0 bridgehead atoms. The van der Waals surface area contributed by atoms with Crippen LogP contribution in [-0.4, -0.2) is 53.7 Å². The zero-order valence-corrected chi connectivity index (χ0v) is 16.7. The number of carbonyl (C=O) groups is 3. The summed E-state index contributed by atoms with van der Waals surface area (Å²) in [6, 6.07) is 10.0. The molecule has 0 saturated carbocycles. The summed E-state index contributed by atoms with van der Waals surface area (Å²) in [5, 5.41) is 2.86. The molecular weight excluding hydrogens is 354 g/mol. The molecule has 1 aromatic rings. The number of benzene rings is 1. The van der Waals surface area contributed by atoms with Crippen LogP contribution < -0.4 is 5.32 Å². The molecule has 2 saturated heterocycles. The van der Waals surface area contributed by atoms with Gasteiger partial charge in [-0.2, -0.15) is 0 Å². The lowest BCUT2D eigenvalue weighted by atomic mass is 9.91. The van der Waals surface area contributed by atoms with Crippen molar-refractivity contribution < 1.29 is 14.4 Å². The van der Waals surface area contributed by atoms with Crippen LogP contribution in [0.2, 0.25) is 0 Å². The second-order valence-electron chi connectivity index (χ2n) is 8.11. The third kappa shape index (κ3) is 5.81. The monoisotopic (exact) mass is 385 g/mol. The first kappa shape index (κ1) is 20.4. The molecule has 0 radical (unpaired) electrons. The summed E-state index contributed by atoms with van der Waals surface area (Å²) in [4.78, 5) is 39.8. The zero-order valence-electron chi connectivity index (χ0n) is 16.7. The molecule has 6 nitrogen and oxygen atoms in total. The Morgan fingerprint density at radius 2 is 1.86 bits per heavy atom. The second-order valence-corrected chi connectivity index (χ2v) is 8.11. The Bertz CT molecular complexity index is 684. The van der Waals surface area contributed by atoms with Crippen molar-refractivity contribution in [1.82, 2.24) is 15.1 Å². The lowest BCUT2D eigenvalue weighted by Gasteiger charge is -2.33. The number of rotatable bonds is 7. The summed E-state index contributed by atoms with van der Waals surface area (Å²) in [5.74, 6) is 0.881. The van der Waals surface area contributed by atoms with Gasteiger partial charge in [0.2, 0.25) is 17.7 Å². The van der Waals surface area contributed by atoms with Crippen molar-refractivity contribution in [2.75, 3.05) is 20.1 Å². The van der Waals surface area contributed by atoms with E-state index in [4.69, 9.17) is 0 Å². The maximum atomic E-state index is 12.4. The van der Waals surface area contributed by atoms with Crippen LogP contribution in [0.4, 0.5) is 0 Å². The Labute approximate surface area is 167 Å². The smallest absolute Gasteiger partial charge is 0.224 e. The van der Waals surface area contributed by atoms with Crippen LogP contribution in [0.1, 0.15) is 50.5 Å². The summed E-state index contributed by atoms with van der Waals surface area (Å²) in [7, 11) is 1.86. The first-order chi connectivity index (χ1) is 13.5. The predicted octanol–water partition coefficient (Wildman–Crippen LogP) is 2.33. The lowest BCUT2D eigenvalue weighted by Crippen LogP contribution is -2.41. The lowest BCUT2D eigenvalue weighted by molar-refractivity contribution is -0.134. The van der Waals surface area contributed by atoms with Gasteiger partial charge in [-0.25, -0.2) is 0 Å². The van der Waals surface area contributed by atoms with E-state index < -0.39 is 0 Å². The highest BCUT2D eigenvalue weighted by Crippen LogP contribution is 2.23. The number of carbonyl (C=O) groups excluding carboxylic acids is 3. The van der Waals surface area contributed by atoms with E-state index in [2.05, 4.69) is 5.32 Å². The number of nitrogens with zero attached hydrogens (tertiary/aromatic N) is 2. The summed E-state index contributed by atoms with van der Waals surface area (Å²) >= 11 is 0. The summed E-state index contributed by atoms with van der Waals surface area (Å²) in [6.45, 7) is 2.17. The molecule has 1 aromatic carbocycles. The van der Waals surface area contributed by atoms with Crippen LogP contribution in [0.5, 0.6) is 0 Å². The first-order valence-electron chi connectivity index (χ1n) is 10.4. The van der Waals surface area contributed by atoms with Crippen molar-refractivity contribution in [3.63, 3.8) is 0 Å². The number of hydrogen-bond acceptors (Lipinski definition) is 3. The minimum Gasteiger partial charge on any atom is -0.353 e. The fourth-order valence-electron chi connectivity index (χ4n) is 4.11. The van der Waals surface area contributed by atoms with Crippen LogP contribution in [0.25, 0.3) is 0 Å². The summed E-state index contributed by atoms with van der Waals surface area (Å²) in [5.41, 5.74) is 1.14. The van der Waals surface area contributed by atoms with E-state index in [9.17, 15) is 14.4 Å². The molecule has 1 N–H and O–H groups in total. The van der Waals surface area contributed by atoms with Crippen molar-refractivity contribution in [2.45, 2.75) is 57.5 Å². The van der Waals surface area contributed by atoms with Gasteiger partial charge in [0.25, 0.3) is 0 Å². The van der Waals surface area contributed by atoms with E-state index in [1.54, 1.807) is 4.90 Å². The second kappa shape index (κ2) is 9.71. The Balaban J connectivity index is 1.34. The topological polar surface area (TPSA) is 69.7 Å². The van der Waals surface area contributed by atoms with E-state index in [-0.39, 0.29) is 23.8 Å². The molecule has 28 heavy (non-hydrogen) atoms. The highest BCUT2D eigenvalue weighted by Gasteiger charge is 2.28. The molecule has 0 aromatic heterocycles. The fraction of sp³-hybridized carbons (Fsp3) is 0.591. The molecule has 2 aliphatic heterocycles. The Kier molecular flexibility index (Phi) is 7.06. The average molecular weight is 386 g/mol. The fourth-order valence-corrected chi connectivity index (χ4v) is 4.11. The van der Waals surface area contributed by atoms with E-state index in [0.29, 0.717) is 31.7 Å². The van der Waals surface area contributed by atoms with E-state index in [1.165, 1.54) is 0 Å². The van der Waals surface area contributed by atoms with Crippen molar-refractivity contribution in [1.29, 1.82) is 0 Å². The zero-order chi connectivity index (χ0) is 19.9. The number of amides is 3. The summed E-state index contributed by atoms with van der Waals surface area (Å²) < 4.78 is 0. The van der Waals surface area contributed by atoms with Gasteiger partial charge in [-0.05, 0) is 37.2 Å². The van der Waals surface area contributed by atoms with Gasteiger partial charge in [0.15, 0.2) is 0 Å². The van der Waals surface area contributed by atoms with Gasteiger partial charge >= 0.3 is 0 Å². The molecule has 2 heterocycles. The molecule has 0 unspecified atom stereocenters. The SMILES string of the molecule is CN(Cc1ccccc1)C(=O)CCC1CCN(C(=O)C[C@H]2CCC(=O)N2)CC1. The van der Waals surface area contributed by atoms with Gasteiger partial charge in [-0.15, -0.1) is 0 Å². The van der Waals surface area contributed by atoms with Crippen molar-refractivity contribution >= 4 is 17.7 Å². The largest absolute Gasteiger partial charge is 0.353 e. The number of piperidine rings is 1. The minimum atomic E-state index is 0.00972. The minimum absolute atomic E-state index is 0.00972. The Morgan fingerprint density at radius 3 is 2.50 bits per heavy atom. The number of hydrogen-bond donors (Lipinski definition) is 1. The maximum Gasteiger partial charge on any atom is 0.224 e. The van der Waals surface area contributed by atoms with Crippen LogP contribution >= 0.6 is 0 Å². The number of likely N-dealkylation sites (tertiary alicyclic amines) is 1. The first-order valence-corrected chi connectivity index (χ1v) is 10.4. The van der Waals surface area contributed by atoms with Gasteiger partial charge in [-0.3, -0.25) is 14.4 Å². The van der Waals surface area contributed by atoms with Crippen molar-refractivity contribution in [3.05, 3.63) is 35.9 Å². The van der Waals surface area contributed by atoms with Gasteiger partial charge < -0.3 is 15.1 Å². The number of nitrogens with one attached hydrogen (secondary N) is 1. The van der Waals surface area contributed by atoms with Crippen LogP contribution in [-0.2, 0) is 20.9 Å². The molecule has 3 rings (SSSR count). The van der Waals surface area contributed by atoms with Crippen molar-refractivity contribution in [2.24, 2.45) is 5.92 Å². The average Bonchev–Trinajstić information content (AvgIpc) is 3.11. The van der Waals surface area contributed by atoms with Gasteiger partial charge in [0, 0.05) is 52.0 Å². The van der Waals surface area contributed by atoms with E-state index in [0.717, 1.165) is 44.3 Å². The molecule has 2 aliphatic rings. The quantitative estimate of drug-likeness (QED) is 0.783. The molecule has 3 amide bonds. The van der Waals surface area contributed by atoms with Crippen LogP contribution in [0, 0.1) is 5.92 Å². The molecule has 152 valence electrons. The molecule has 1 atom stereocenters. The highest BCUT2D eigenvalue weighted by atomic mass is 16.2. The third-order valence-electron chi connectivity index (χ3n) is 5.93. The predicted molar refractivity (Wildman–Crippen MR) is 107 cm³/mol. The Hall–Kier alpha value is -2.37. The standard InChI is InChI=1S/C22H31N3O3/c1-24(16-18-5-3-2-4-6-18)21(27)10-7-17-11-13-25(14-12-17)22(28)15-19-8-9-20(26)23-19/h2-6,17,19H,7-16H2,1H3,(H,23,26)/t19-/m1/s1. The van der Waals surface area contributed by atoms with Crippen LogP contribution in [0.15, 0.2) is 30.3 Å². The van der Waals surface area contributed by atoms with Gasteiger partial charge in [0.05, 0.1) is 0 Å². The Morgan fingerprint density at radius 1 is 1.14 bits per heavy atom. The maximum absolute atomic E-state index is 12.4. The van der Waals surface area contributed by atoms with Crippen LogP contribution in [0.3, 0.4) is 0 Å². The van der Waals surface area contributed by atoms with Gasteiger partial charge in [0.1, 0.15) is 0 Å². The normalized spacial score (nSPS) is 20.1. The van der Waals surface area contributed by atoms with Crippen molar-refractivity contribution in [3.8, 4) is 0 Å². The van der Waals surface area contributed by atoms with E-state index >= 15 is 0 Å². The molecule has 2 fully saturated rings. The highest BCUT2D eigenvalue weighted by molar-refractivity contribution is 5.82. The summed E-state index contributed by atoms with van der Waals surface area (Å²) in [6.07, 6.45) is 5.08. The molecular formula is C22H31N3O3. The molecule has 0 spiro atoms. The third-order valence-corrected chi connectivity index (χ3v) is 5.93. The molecule has 0 aliphatic carbocycles.